The molecule has 1 N–H and O–H groups in total. The summed E-state index contributed by atoms with van der Waals surface area (Å²) in [6, 6.07) is 8.52. The monoisotopic (exact) mass is 526 g/mol. The highest BCUT2D eigenvalue weighted by Gasteiger charge is 2.45. The Morgan fingerprint density at radius 2 is 1.82 bits per heavy atom. The van der Waals surface area contributed by atoms with Gasteiger partial charge in [-0.2, -0.15) is 5.26 Å². The predicted octanol–water partition coefficient (Wildman–Crippen LogP) is 5.37. The number of hydrogen-bond donors (Lipinski definition) is 1. The largest absolute Gasteiger partial charge is 0.443 e. The molecule has 2 saturated heterocycles. The first-order valence-electron chi connectivity index (χ1n) is 12.9. The van der Waals surface area contributed by atoms with E-state index in [-0.39, 0.29) is 17.5 Å². The van der Waals surface area contributed by atoms with Crippen molar-refractivity contribution in [2.24, 2.45) is 0 Å². The number of rotatable bonds is 4. The molecule has 0 unspecified atom stereocenters. The molecule has 0 bridgehead atoms. The van der Waals surface area contributed by atoms with Crippen molar-refractivity contribution in [2.75, 3.05) is 13.1 Å². The molecule has 2 heterocycles. The van der Waals surface area contributed by atoms with Crippen molar-refractivity contribution in [1.82, 2.24) is 15.1 Å². The van der Waals surface area contributed by atoms with Gasteiger partial charge in [0.2, 0.25) is 0 Å². The smallest absolute Gasteiger partial charge is 0.419 e. The van der Waals surface area contributed by atoms with Crippen molar-refractivity contribution < 1.29 is 27.5 Å². The van der Waals surface area contributed by atoms with E-state index in [1.54, 1.807) is 13.0 Å². The summed E-state index contributed by atoms with van der Waals surface area (Å²) in [7, 11) is 0. The molecule has 3 fully saturated rings. The van der Waals surface area contributed by atoms with Gasteiger partial charge in [-0.1, -0.05) is 12.1 Å². The summed E-state index contributed by atoms with van der Waals surface area (Å²) in [5.41, 5.74) is 1.58. The van der Waals surface area contributed by atoms with E-state index in [2.05, 4.69) is 16.3 Å². The molecule has 2 aliphatic heterocycles. The molecule has 3 aliphatic rings. The van der Waals surface area contributed by atoms with Crippen LogP contribution in [-0.4, -0.2) is 53.2 Å². The molecule has 1 saturated carbocycles. The number of cyclic esters (lactones) is 1. The third kappa shape index (κ3) is 5.07. The Morgan fingerprint density at radius 1 is 1.05 bits per heavy atom. The van der Waals surface area contributed by atoms with E-state index in [0.29, 0.717) is 18.2 Å². The van der Waals surface area contributed by atoms with Gasteiger partial charge in [-0.25, -0.2) is 27.7 Å². The van der Waals surface area contributed by atoms with Crippen LogP contribution >= 0.6 is 0 Å². The van der Waals surface area contributed by atoms with Crippen molar-refractivity contribution in [3.8, 4) is 6.07 Å². The molecule has 38 heavy (non-hydrogen) atoms. The molecule has 2 aromatic carbocycles. The van der Waals surface area contributed by atoms with Gasteiger partial charge < -0.3 is 10.1 Å². The fraction of sp³-hybridized carbons (Fsp3) is 0.464. The minimum absolute atomic E-state index is 0.170. The number of hydrogen-bond acceptors (Lipinski definition) is 5. The molecule has 3 atom stereocenters. The van der Waals surface area contributed by atoms with Gasteiger partial charge in [-0.15, -0.1) is 0 Å². The van der Waals surface area contributed by atoms with Crippen LogP contribution in [0.3, 0.4) is 0 Å². The third-order valence-corrected chi connectivity index (χ3v) is 8.05. The van der Waals surface area contributed by atoms with Crippen molar-refractivity contribution in [3.63, 3.8) is 0 Å². The second kappa shape index (κ2) is 10.7. The van der Waals surface area contributed by atoms with Crippen LogP contribution in [0.2, 0.25) is 0 Å². The third-order valence-electron chi connectivity index (χ3n) is 8.05. The van der Waals surface area contributed by atoms with Crippen molar-refractivity contribution >= 4 is 12.1 Å². The van der Waals surface area contributed by atoms with Crippen molar-refractivity contribution in [1.29, 1.82) is 5.26 Å². The second-order valence-electron chi connectivity index (χ2n) is 10.4. The number of nitriles is 1. The maximum atomic E-state index is 13.9. The van der Waals surface area contributed by atoms with E-state index < -0.39 is 41.7 Å². The molecule has 3 amide bonds. The lowest BCUT2D eigenvalue weighted by Crippen LogP contribution is -2.48. The number of carbonyl (C=O) groups is 2. The first-order chi connectivity index (χ1) is 18.2. The number of amides is 3. The number of urea groups is 1. The number of ether oxygens (including phenoxy) is 1. The van der Waals surface area contributed by atoms with Crippen LogP contribution in [0.5, 0.6) is 0 Å². The number of carbonyl (C=O) groups excluding carboxylic acids is 2. The summed E-state index contributed by atoms with van der Waals surface area (Å²) in [6.07, 6.45) is 2.84. The minimum atomic E-state index is -1.06. The number of benzene rings is 2. The van der Waals surface area contributed by atoms with Gasteiger partial charge in [-0.05, 0) is 80.3 Å². The molecule has 200 valence electrons. The lowest BCUT2D eigenvalue weighted by molar-refractivity contribution is 0.137. The Morgan fingerprint density at radius 3 is 2.53 bits per heavy atom. The van der Waals surface area contributed by atoms with E-state index in [0.717, 1.165) is 61.2 Å². The zero-order valence-electron chi connectivity index (χ0n) is 21.0. The lowest BCUT2D eigenvalue weighted by atomic mass is 9.80. The number of halogens is 3. The summed E-state index contributed by atoms with van der Waals surface area (Å²) in [6.45, 7) is 3.04. The van der Waals surface area contributed by atoms with E-state index in [4.69, 9.17) is 4.74 Å². The quantitative estimate of drug-likeness (QED) is 0.579. The van der Waals surface area contributed by atoms with Gasteiger partial charge >= 0.3 is 12.1 Å². The summed E-state index contributed by atoms with van der Waals surface area (Å²) in [4.78, 5) is 28.9. The molecule has 2 aromatic rings. The number of nitrogens with zero attached hydrogens (tertiary/aromatic N) is 3. The van der Waals surface area contributed by atoms with Crippen LogP contribution in [0.1, 0.15) is 67.7 Å². The maximum absolute atomic E-state index is 13.9. The van der Waals surface area contributed by atoms with Crippen LogP contribution in [0.25, 0.3) is 0 Å². The normalized spacial score (nSPS) is 27.7. The molecule has 10 heteroatoms. The Hall–Kier alpha value is -3.58. The minimum Gasteiger partial charge on any atom is -0.443 e. The van der Waals surface area contributed by atoms with Crippen LogP contribution in [0.15, 0.2) is 36.4 Å². The molecule has 1 aliphatic carbocycles. The maximum Gasteiger partial charge on any atom is 0.419 e. The number of nitrogens with one attached hydrogen (secondary N) is 1. The molecular weight excluding hydrogens is 497 g/mol. The first kappa shape index (κ1) is 26.0. The van der Waals surface area contributed by atoms with Crippen LogP contribution < -0.4 is 5.32 Å². The Balaban J connectivity index is 1.18. The van der Waals surface area contributed by atoms with Crippen LogP contribution in [-0.2, 0) is 4.74 Å². The molecular formula is C28H29F3N4O3. The SMILES string of the molecule is C[C@@H]1OC(=O)N(C(=O)N[C@@H]2CCN(C3CCC(c4ccc(F)cc4C#N)CC3)C2)[C@H]1c1ccc(F)c(F)c1. The number of imide groups is 1. The van der Waals surface area contributed by atoms with E-state index >= 15 is 0 Å². The van der Waals surface area contributed by atoms with Gasteiger partial charge in [0, 0.05) is 25.2 Å². The Labute approximate surface area is 219 Å². The van der Waals surface area contributed by atoms with Crippen LogP contribution in [0.4, 0.5) is 22.8 Å². The second-order valence-corrected chi connectivity index (χ2v) is 10.4. The van der Waals surface area contributed by atoms with E-state index in [9.17, 15) is 28.0 Å². The number of likely N-dealkylation sites (tertiary alicyclic amines) is 1. The molecule has 5 rings (SSSR count). The highest BCUT2D eigenvalue weighted by atomic mass is 19.2. The van der Waals surface area contributed by atoms with E-state index in [1.165, 1.54) is 18.2 Å². The average molecular weight is 527 g/mol. The Bertz CT molecular complexity index is 1270. The standard InChI is InChI=1S/C28H29F3N4O3/c1-16-26(18-4-9-24(30)25(31)13-18)35(28(37)38-16)27(36)33-21-10-11-34(15-21)22-6-2-17(3-7-22)23-8-5-20(29)12-19(23)14-32/h4-5,8-9,12-13,16-17,21-22,26H,2-3,6-7,10-11,15H2,1H3,(H,33,36)/t16-,17?,21+,22?,26+/m0/s1. The zero-order chi connectivity index (χ0) is 27.0. The summed E-state index contributed by atoms with van der Waals surface area (Å²) in [5.74, 6) is -2.25. The first-order valence-corrected chi connectivity index (χ1v) is 12.9. The van der Waals surface area contributed by atoms with Crippen LogP contribution in [0, 0.1) is 28.8 Å². The Kier molecular flexibility index (Phi) is 7.30. The average Bonchev–Trinajstić information content (AvgIpc) is 3.48. The van der Waals surface area contributed by atoms with Gasteiger partial charge in [0.1, 0.15) is 18.0 Å². The van der Waals surface area contributed by atoms with E-state index in [1.807, 2.05) is 0 Å². The molecule has 0 spiro atoms. The highest BCUT2D eigenvalue weighted by molar-refractivity contribution is 5.93. The van der Waals surface area contributed by atoms with Gasteiger partial charge in [0.15, 0.2) is 11.6 Å². The topological polar surface area (TPSA) is 85.7 Å². The summed E-state index contributed by atoms with van der Waals surface area (Å²) < 4.78 is 46.1. The molecule has 7 nitrogen and oxygen atoms in total. The fourth-order valence-electron chi connectivity index (χ4n) is 6.14. The fourth-order valence-corrected chi connectivity index (χ4v) is 6.14. The summed E-state index contributed by atoms with van der Waals surface area (Å²) in [5, 5.41) is 12.3. The summed E-state index contributed by atoms with van der Waals surface area (Å²) >= 11 is 0. The highest BCUT2D eigenvalue weighted by Crippen LogP contribution is 2.38. The molecule has 0 aromatic heterocycles. The van der Waals surface area contributed by atoms with Gasteiger partial charge in [-0.3, -0.25) is 4.90 Å². The molecule has 0 radical (unpaired) electrons. The lowest BCUT2D eigenvalue weighted by Gasteiger charge is -2.35. The zero-order valence-corrected chi connectivity index (χ0v) is 21.0. The van der Waals surface area contributed by atoms with Crippen molar-refractivity contribution in [3.05, 3.63) is 70.5 Å². The predicted molar refractivity (Wildman–Crippen MR) is 132 cm³/mol. The van der Waals surface area contributed by atoms with Gasteiger partial charge in [0.25, 0.3) is 0 Å². The van der Waals surface area contributed by atoms with Gasteiger partial charge in [0.05, 0.1) is 11.6 Å². The van der Waals surface area contributed by atoms with Crippen molar-refractivity contribution in [2.45, 2.75) is 69.2 Å².